The third kappa shape index (κ3) is 4.46. The number of nitrogens with one attached hydrogen (secondary N) is 1. The van der Waals surface area contributed by atoms with E-state index in [4.69, 9.17) is 11.6 Å². The molecule has 0 spiro atoms. The topological polar surface area (TPSA) is 52.7 Å². The van der Waals surface area contributed by atoms with Crippen LogP contribution in [-0.2, 0) is 6.54 Å². The Morgan fingerprint density at radius 2 is 1.97 bits per heavy atom. The third-order valence-corrected chi connectivity index (χ3v) is 6.08. The van der Waals surface area contributed by atoms with Crippen LogP contribution in [0.15, 0.2) is 42.5 Å². The number of benzene rings is 2. The molecule has 2 aromatic rings. The number of ketones is 1. The van der Waals surface area contributed by atoms with Crippen molar-refractivity contribution < 1.29 is 9.59 Å². The maximum atomic E-state index is 13.0. The normalized spacial score (nSPS) is 20.0. The van der Waals surface area contributed by atoms with Crippen molar-refractivity contribution in [1.29, 1.82) is 0 Å². The highest BCUT2D eigenvalue weighted by Crippen LogP contribution is 2.26. The van der Waals surface area contributed by atoms with E-state index < -0.39 is 0 Å². The van der Waals surface area contributed by atoms with E-state index in [9.17, 15) is 9.59 Å². The summed E-state index contributed by atoms with van der Waals surface area (Å²) in [6, 6.07) is 13.6. The summed E-state index contributed by atoms with van der Waals surface area (Å²) >= 11 is 6.04. The highest BCUT2D eigenvalue weighted by atomic mass is 35.5. The number of aryl methyl sites for hydroxylation is 1. The van der Waals surface area contributed by atoms with Gasteiger partial charge in [0.25, 0.3) is 0 Å². The summed E-state index contributed by atoms with van der Waals surface area (Å²) in [5.41, 5.74) is 3.86. The fraction of sp³-hybridized carbons (Fsp3) is 0.391. The fourth-order valence-corrected chi connectivity index (χ4v) is 4.52. The van der Waals surface area contributed by atoms with Gasteiger partial charge in [-0.2, -0.15) is 0 Å². The van der Waals surface area contributed by atoms with Crippen LogP contribution in [0.1, 0.15) is 34.3 Å². The molecular weight excluding hydrogens is 386 g/mol. The Balaban J connectivity index is 1.39. The van der Waals surface area contributed by atoms with E-state index in [1.54, 1.807) is 11.0 Å². The van der Waals surface area contributed by atoms with Crippen molar-refractivity contribution in [3.05, 3.63) is 64.2 Å². The SMILES string of the molecule is Cc1cc(Cl)ccc1C(=O)[C@H]1CCCN(Cc2ccc(N3CCNC3=O)cc2)C1. The van der Waals surface area contributed by atoms with Gasteiger partial charge in [-0.3, -0.25) is 14.6 Å². The largest absolute Gasteiger partial charge is 0.336 e. The lowest BCUT2D eigenvalue weighted by Gasteiger charge is -2.32. The van der Waals surface area contributed by atoms with Crippen LogP contribution in [0.4, 0.5) is 10.5 Å². The quantitative estimate of drug-likeness (QED) is 0.747. The molecule has 0 bridgehead atoms. The Bertz CT molecular complexity index is 913. The zero-order valence-corrected chi connectivity index (χ0v) is 17.4. The van der Waals surface area contributed by atoms with Gasteiger partial charge in [-0.15, -0.1) is 0 Å². The smallest absolute Gasteiger partial charge is 0.321 e. The molecule has 1 N–H and O–H groups in total. The van der Waals surface area contributed by atoms with E-state index in [2.05, 4.69) is 22.3 Å². The van der Waals surface area contributed by atoms with Crippen LogP contribution in [0.2, 0.25) is 5.02 Å². The average Bonchev–Trinajstić information content (AvgIpc) is 3.14. The molecular formula is C23H26ClN3O2. The predicted molar refractivity (Wildman–Crippen MR) is 116 cm³/mol. The average molecular weight is 412 g/mol. The molecule has 2 fully saturated rings. The summed E-state index contributed by atoms with van der Waals surface area (Å²) in [5, 5.41) is 3.49. The summed E-state index contributed by atoms with van der Waals surface area (Å²) in [6.07, 6.45) is 1.95. The van der Waals surface area contributed by atoms with E-state index in [1.165, 1.54) is 5.56 Å². The van der Waals surface area contributed by atoms with Crippen LogP contribution in [-0.4, -0.2) is 42.9 Å². The van der Waals surface area contributed by atoms with Gasteiger partial charge in [0.15, 0.2) is 5.78 Å². The lowest BCUT2D eigenvalue weighted by atomic mass is 9.88. The summed E-state index contributed by atoms with van der Waals surface area (Å²) in [7, 11) is 0. The Morgan fingerprint density at radius 1 is 1.17 bits per heavy atom. The molecule has 152 valence electrons. The Labute approximate surface area is 176 Å². The van der Waals surface area contributed by atoms with Crippen molar-refractivity contribution in [2.75, 3.05) is 31.1 Å². The minimum atomic E-state index is -0.0346. The molecule has 0 aliphatic carbocycles. The number of nitrogens with zero attached hydrogens (tertiary/aromatic N) is 2. The maximum absolute atomic E-state index is 13.0. The number of likely N-dealkylation sites (tertiary alicyclic amines) is 1. The zero-order chi connectivity index (χ0) is 20.4. The number of piperidine rings is 1. The summed E-state index contributed by atoms with van der Waals surface area (Å²) < 4.78 is 0. The van der Waals surface area contributed by atoms with E-state index in [0.29, 0.717) is 18.1 Å². The van der Waals surface area contributed by atoms with Gasteiger partial charge in [-0.05, 0) is 67.8 Å². The second-order valence-electron chi connectivity index (χ2n) is 7.95. The number of carbonyl (C=O) groups is 2. The number of amides is 2. The molecule has 0 radical (unpaired) electrons. The molecule has 2 heterocycles. The van der Waals surface area contributed by atoms with Crippen LogP contribution in [0.3, 0.4) is 0 Å². The van der Waals surface area contributed by atoms with Gasteiger partial charge in [0, 0.05) is 48.4 Å². The predicted octanol–water partition coefficient (Wildman–Crippen LogP) is 4.27. The van der Waals surface area contributed by atoms with Crippen LogP contribution < -0.4 is 10.2 Å². The first-order valence-electron chi connectivity index (χ1n) is 10.2. The first-order valence-corrected chi connectivity index (χ1v) is 10.6. The van der Waals surface area contributed by atoms with Crippen LogP contribution >= 0.6 is 11.6 Å². The fourth-order valence-electron chi connectivity index (χ4n) is 4.29. The minimum Gasteiger partial charge on any atom is -0.336 e. The van der Waals surface area contributed by atoms with Crippen LogP contribution in [0.5, 0.6) is 0 Å². The van der Waals surface area contributed by atoms with Gasteiger partial charge in [0.05, 0.1) is 0 Å². The van der Waals surface area contributed by atoms with Crippen molar-refractivity contribution in [2.45, 2.75) is 26.3 Å². The number of urea groups is 1. The van der Waals surface area contributed by atoms with Crippen molar-refractivity contribution >= 4 is 29.1 Å². The number of hydrogen-bond acceptors (Lipinski definition) is 3. The van der Waals surface area contributed by atoms with Crippen molar-refractivity contribution in [2.24, 2.45) is 5.92 Å². The monoisotopic (exact) mass is 411 g/mol. The molecule has 0 unspecified atom stereocenters. The molecule has 0 saturated carbocycles. The van der Waals surface area contributed by atoms with Gasteiger partial charge in [-0.25, -0.2) is 4.79 Å². The number of rotatable bonds is 5. The second kappa shape index (κ2) is 8.56. The molecule has 2 amide bonds. The maximum Gasteiger partial charge on any atom is 0.321 e. The molecule has 6 heteroatoms. The van der Waals surface area contributed by atoms with Crippen molar-refractivity contribution in [3.63, 3.8) is 0 Å². The molecule has 5 nitrogen and oxygen atoms in total. The molecule has 1 atom stereocenters. The molecule has 2 aromatic carbocycles. The highest BCUT2D eigenvalue weighted by molar-refractivity contribution is 6.30. The Kier molecular flexibility index (Phi) is 5.88. The van der Waals surface area contributed by atoms with Gasteiger partial charge >= 0.3 is 6.03 Å². The zero-order valence-electron chi connectivity index (χ0n) is 16.7. The highest BCUT2D eigenvalue weighted by Gasteiger charge is 2.27. The summed E-state index contributed by atoms with van der Waals surface area (Å²) in [6.45, 7) is 5.93. The Hall–Kier alpha value is -2.37. The standard InChI is InChI=1S/C23H26ClN3O2/c1-16-13-19(24)6-9-21(16)22(28)18-3-2-11-26(15-18)14-17-4-7-20(8-5-17)27-12-10-25-23(27)29/h4-9,13,18H,2-3,10-12,14-15H2,1H3,(H,25,29)/t18-/m0/s1. The molecule has 2 aliphatic heterocycles. The molecule has 2 aliphatic rings. The lowest BCUT2D eigenvalue weighted by Crippen LogP contribution is -2.38. The number of Topliss-reactive ketones (excluding diaryl/α,β-unsaturated/α-hetero) is 1. The van der Waals surface area contributed by atoms with E-state index in [0.717, 1.165) is 49.3 Å². The number of hydrogen-bond donors (Lipinski definition) is 1. The number of anilines is 1. The second-order valence-corrected chi connectivity index (χ2v) is 8.38. The van der Waals surface area contributed by atoms with Gasteiger partial charge in [0.1, 0.15) is 0 Å². The van der Waals surface area contributed by atoms with E-state index in [1.807, 2.05) is 31.2 Å². The van der Waals surface area contributed by atoms with Crippen molar-refractivity contribution in [1.82, 2.24) is 10.2 Å². The first kappa shape index (κ1) is 19.9. The van der Waals surface area contributed by atoms with Crippen LogP contribution in [0.25, 0.3) is 0 Å². The first-order chi connectivity index (χ1) is 14.0. The van der Waals surface area contributed by atoms with Crippen molar-refractivity contribution in [3.8, 4) is 0 Å². The summed E-state index contributed by atoms with van der Waals surface area (Å²) in [5.74, 6) is 0.246. The summed E-state index contributed by atoms with van der Waals surface area (Å²) in [4.78, 5) is 29.0. The van der Waals surface area contributed by atoms with Gasteiger partial charge in [-0.1, -0.05) is 23.7 Å². The van der Waals surface area contributed by atoms with E-state index >= 15 is 0 Å². The molecule has 2 saturated heterocycles. The minimum absolute atomic E-state index is 0.0243. The number of carbonyl (C=O) groups excluding carboxylic acids is 2. The number of halogens is 1. The lowest BCUT2D eigenvalue weighted by molar-refractivity contribution is 0.0811. The van der Waals surface area contributed by atoms with E-state index in [-0.39, 0.29) is 17.7 Å². The Morgan fingerprint density at radius 3 is 2.66 bits per heavy atom. The third-order valence-electron chi connectivity index (χ3n) is 5.84. The molecule has 29 heavy (non-hydrogen) atoms. The molecule has 4 rings (SSSR count). The van der Waals surface area contributed by atoms with Gasteiger partial charge in [0.2, 0.25) is 0 Å². The van der Waals surface area contributed by atoms with Gasteiger partial charge < -0.3 is 5.32 Å². The molecule has 0 aromatic heterocycles. The van der Waals surface area contributed by atoms with Crippen LogP contribution in [0, 0.1) is 12.8 Å².